The standard InChI is InChI=1S/C23H15F3N6O2S/c24-14-6-4-7-15(25)22(14)35(33,34)31-16-8-3-5-13(19(16)26)20-21(17-10-11-28-23(27)29-17)32-12-2-1-9-18(32)30-20/h1-12,31H,(H2,27,28,29). The second kappa shape index (κ2) is 8.40. The van der Waals surface area contributed by atoms with Crippen LogP contribution in [0.5, 0.6) is 0 Å². The van der Waals surface area contributed by atoms with Crippen LogP contribution in [0.1, 0.15) is 0 Å². The van der Waals surface area contributed by atoms with Crippen molar-refractivity contribution in [3.8, 4) is 22.6 Å². The number of benzene rings is 2. The molecule has 0 spiro atoms. The van der Waals surface area contributed by atoms with E-state index < -0.39 is 38.1 Å². The van der Waals surface area contributed by atoms with Crippen LogP contribution < -0.4 is 10.5 Å². The maximum Gasteiger partial charge on any atom is 0.267 e. The Morgan fingerprint density at radius 2 is 1.63 bits per heavy atom. The summed E-state index contributed by atoms with van der Waals surface area (Å²) in [6, 6.07) is 13.3. The number of pyridine rings is 1. The second-order valence-electron chi connectivity index (χ2n) is 7.36. The van der Waals surface area contributed by atoms with Gasteiger partial charge >= 0.3 is 0 Å². The molecule has 5 rings (SSSR count). The summed E-state index contributed by atoms with van der Waals surface area (Å²) in [6.07, 6.45) is 3.14. The maximum atomic E-state index is 15.7. The fourth-order valence-electron chi connectivity index (χ4n) is 3.66. The summed E-state index contributed by atoms with van der Waals surface area (Å²) in [5.41, 5.74) is 6.49. The molecule has 0 aliphatic carbocycles. The van der Waals surface area contributed by atoms with Crippen LogP contribution in [0.25, 0.3) is 28.3 Å². The Labute approximate surface area is 197 Å². The summed E-state index contributed by atoms with van der Waals surface area (Å²) in [6.45, 7) is 0. The highest BCUT2D eigenvalue weighted by Crippen LogP contribution is 2.36. The topological polar surface area (TPSA) is 115 Å². The predicted octanol–water partition coefficient (Wildman–Crippen LogP) is 4.26. The van der Waals surface area contributed by atoms with Gasteiger partial charge < -0.3 is 5.73 Å². The molecule has 3 aromatic heterocycles. The van der Waals surface area contributed by atoms with Gasteiger partial charge in [0, 0.05) is 18.0 Å². The van der Waals surface area contributed by atoms with E-state index in [0.29, 0.717) is 17.0 Å². The normalized spacial score (nSPS) is 11.6. The van der Waals surface area contributed by atoms with E-state index >= 15 is 4.39 Å². The first-order valence-corrected chi connectivity index (χ1v) is 11.6. The molecule has 5 aromatic rings. The van der Waals surface area contributed by atoms with E-state index in [9.17, 15) is 17.2 Å². The highest BCUT2D eigenvalue weighted by molar-refractivity contribution is 7.92. The van der Waals surface area contributed by atoms with Crippen LogP contribution in [0.4, 0.5) is 24.8 Å². The largest absolute Gasteiger partial charge is 0.368 e. The van der Waals surface area contributed by atoms with Crippen LogP contribution in [0.3, 0.4) is 0 Å². The summed E-state index contributed by atoms with van der Waals surface area (Å²) < 4.78 is 72.9. The summed E-state index contributed by atoms with van der Waals surface area (Å²) in [5, 5.41) is 0. The number of nitrogens with two attached hydrogens (primary N) is 1. The van der Waals surface area contributed by atoms with Gasteiger partial charge in [0.25, 0.3) is 10.0 Å². The van der Waals surface area contributed by atoms with Gasteiger partial charge in [0.05, 0.1) is 17.1 Å². The minimum absolute atomic E-state index is 0.00627. The number of fused-ring (bicyclic) bond motifs is 1. The number of hydrogen-bond donors (Lipinski definition) is 2. The summed E-state index contributed by atoms with van der Waals surface area (Å²) in [5.74, 6) is -3.62. The lowest BCUT2D eigenvalue weighted by Crippen LogP contribution is -2.17. The third kappa shape index (κ3) is 3.93. The molecule has 0 amide bonds. The molecule has 176 valence electrons. The van der Waals surface area contributed by atoms with Crippen LogP contribution in [0, 0.1) is 17.5 Å². The van der Waals surface area contributed by atoms with Crippen molar-refractivity contribution >= 4 is 27.3 Å². The fraction of sp³-hybridized carbons (Fsp3) is 0. The number of aromatic nitrogens is 4. The number of sulfonamides is 1. The maximum absolute atomic E-state index is 15.7. The fourth-order valence-corrected chi connectivity index (χ4v) is 4.86. The Balaban J connectivity index is 1.67. The molecule has 3 heterocycles. The average Bonchev–Trinajstić information content (AvgIpc) is 3.19. The van der Waals surface area contributed by atoms with Gasteiger partial charge in [-0.25, -0.2) is 36.5 Å². The van der Waals surface area contributed by atoms with E-state index in [0.717, 1.165) is 24.3 Å². The highest BCUT2D eigenvalue weighted by atomic mass is 32.2. The minimum Gasteiger partial charge on any atom is -0.368 e. The molecule has 8 nitrogen and oxygen atoms in total. The molecule has 0 bridgehead atoms. The molecule has 0 unspecified atom stereocenters. The number of rotatable bonds is 5. The number of nitrogens with zero attached hydrogens (tertiary/aromatic N) is 4. The van der Waals surface area contributed by atoms with E-state index in [1.807, 2.05) is 4.72 Å². The molecule has 2 aromatic carbocycles. The first kappa shape index (κ1) is 22.3. The van der Waals surface area contributed by atoms with Crippen LogP contribution in [-0.2, 0) is 10.0 Å². The van der Waals surface area contributed by atoms with Gasteiger partial charge in [0.15, 0.2) is 10.7 Å². The van der Waals surface area contributed by atoms with Crippen molar-refractivity contribution in [3.63, 3.8) is 0 Å². The van der Waals surface area contributed by atoms with Crippen molar-refractivity contribution in [1.82, 2.24) is 19.4 Å². The van der Waals surface area contributed by atoms with Gasteiger partial charge in [0.1, 0.15) is 23.0 Å². The number of hydrogen-bond acceptors (Lipinski definition) is 6. The number of nitrogen functional groups attached to an aromatic ring is 1. The van der Waals surface area contributed by atoms with Gasteiger partial charge in [-0.1, -0.05) is 18.2 Å². The Morgan fingerprint density at radius 3 is 2.37 bits per heavy atom. The van der Waals surface area contributed by atoms with E-state index in [1.54, 1.807) is 34.9 Å². The molecular formula is C23H15F3N6O2S. The zero-order valence-corrected chi connectivity index (χ0v) is 18.5. The Bertz CT molecular complexity index is 1690. The molecule has 0 saturated carbocycles. The molecule has 0 aliphatic heterocycles. The molecule has 0 fully saturated rings. The molecular weight excluding hydrogens is 481 g/mol. The number of anilines is 2. The predicted molar refractivity (Wildman–Crippen MR) is 123 cm³/mol. The first-order chi connectivity index (χ1) is 16.8. The molecule has 0 radical (unpaired) electrons. The molecule has 0 saturated heterocycles. The van der Waals surface area contributed by atoms with Gasteiger partial charge in [0.2, 0.25) is 5.95 Å². The third-order valence-corrected chi connectivity index (χ3v) is 6.55. The Kier molecular flexibility index (Phi) is 5.36. The van der Waals surface area contributed by atoms with Gasteiger partial charge in [-0.15, -0.1) is 0 Å². The van der Waals surface area contributed by atoms with E-state index in [2.05, 4.69) is 15.0 Å². The van der Waals surface area contributed by atoms with Crippen molar-refractivity contribution < 1.29 is 21.6 Å². The third-order valence-electron chi connectivity index (χ3n) is 5.13. The molecule has 3 N–H and O–H groups in total. The van der Waals surface area contributed by atoms with Gasteiger partial charge in [-0.3, -0.25) is 9.12 Å². The zero-order valence-electron chi connectivity index (χ0n) is 17.7. The quantitative estimate of drug-likeness (QED) is 0.376. The van der Waals surface area contributed by atoms with Crippen molar-refractivity contribution in [2.45, 2.75) is 4.90 Å². The first-order valence-electron chi connectivity index (χ1n) is 10.1. The SMILES string of the molecule is Nc1nccc(-c2c(-c3cccc(NS(=O)(=O)c4c(F)cccc4F)c3F)nc3ccccn23)n1. The monoisotopic (exact) mass is 496 g/mol. The van der Waals surface area contributed by atoms with Crippen molar-refractivity contribution in [3.05, 3.63) is 90.5 Å². The molecule has 12 heteroatoms. The number of nitrogens with one attached hydrogen (secondary N) is 1. The Morgan fingerprint density at radius 1 is 0.886 bits per heavy atom. The summed E-state index contributed by atoms with van der Waals surface area (Å²) in [4.78, 5) is 11.4. The molecule has 0 aliphatic rings. The van der Waals surface area contributed by atoms with Crippen molar-refractivity contribution in [2.24, 2.45) is 0 Å². The van der Waals surface area contributed by atoms with Crippen molar-refractivity contribution in [1.29, 1.82) is 0 Å². The van der Waals surface area contributed by atoms with Gasteiger partial charge in [-0.2, -0.15) is 0 Å². The van der Waals surface area contributed by atoms with E-state index in [-0.39, 0.29) is 17.2 Å². The lowest BCUT2D eigenvalue weighted by Gasteiger charge is -2.12. The summed E-state index contributed by atoms with van der Waals surface area (Å²) >= 11 is 0. The van der Waals surface area contributed by atoms with Crippen LogP contribution in [-0.4, -0.2) is 27.8 Å². The Hall–Kier alpha value is -4.45. The number of imidazole rings is 1. The van der Waals surface area contributed by atoms with E-state index in [1.165, 1.54) is 18.3 Å². The summed E-state index contributed by atoms with van der Waals surface area (Å²) in [7, 11) is -4.79. The van der Waals surface area contributed by atoms with Gasteiger partial charge in [-0.05, 0) is 42.5 Å². The van der Waals surface area contributed by atoms with Crippen molar-refractivity contribution in [2.75, 3.05) is 10.5 Å². The minimum atomic E-state index is -4.79. The molecule has 35 heavy (non-hydrogen) atoms. The van der Waals surface area contributed by atoms with Crippen LogP contribution >= 0.6 is 0 Å². The average molecular weight is 496 g/mol. The highest BCUT2D eigenvalue weighted by Gasteiger charge is 2.27. The lowest BCUT2D eigenvalue weighted by atomic mass is 10.1. The second-order valence-corrected chi connectivity index (χ2v) is 8.98. The van der Waals surface area contributed by atoms with E-state index in [4.69, 9.17) is 5.73 Å². The smallest absolute Gasteiger partial charge is 0.267 e. The molecule has 0 atom stereocenters. The number of halogens is 3. The lowest BCUT2D eigenvalue weighted by molar-refractivity contribution is 0.521. The van der Waals surface area contributed by atoms with Crippen LogP contribution in [0.2, 0.25) is 0 Å². The zero-order chi connectivity index (χ0) is 24.7. The van der Waals surface area contributed by atoms with Crippen LogP contribution in [0.15, 0.2) is 78.0 Å².